The van der Waals surface area contributed by atoms with Gasteiger partial charge in [0.15, 0.2) is 25.2 Å². The number of aliphatic hydroxyl groups excluding tert-OH is 2. The maximum Gasteiger partial charge on any atom is 0.311 e. The van der Waals surface area contributed by atoms with Gasteiger partial charge in [0.2, 0.25) is 0 Å². The number of carbonyl (C=O) groups excluding carboxylic acids is 2. The summed E-state index contributed by atoms with van der Waals surface area (Å²) < 4.78 is 64.9. The minimum atomic E-state index is -1.03. The fourth-order valence-corrected chi connectivity index (χ4v) is 10.0. The van der Waals surface area contributed by atoms with E-state index in [0.717, 1.165) is 0 Å². The Bertz CT molecular complexity index is 1250. The first kappa shape index (κ1) is 51.5. The quantitative estimate of drug-likeness (QED) is 0.269. The van der Waals surface area contributed by atoms with Crippen LogP contribution in [0.5, 0.6) is 0 Å². The summed E-state index contributed by atoms with van der Waals surface area (Å²) in [6.07, 6.45) is -0.928. The van der Waals surface area contributed by atoms with Gasteiger partial charge in [0.1, 0.15) is 13.2 Å². The molecule has 11 rings (SSSR count). The number of carbonyl (C=O) groups is 2. The molecule has 0 amide bonds. The van der Waals surface area contributed by atoms with Gasteiger partial charge in [-0.3, -0.25) is 9.59 Å². The molecule has 11 heterocycles. The molecule has 4 unspecified atom stereocenters. The normalized spacial score (nSPS) is 39.6. The van der Waals surface area contributed by atoms with Gasteiger partial charge in [-0.2, -0.15) is 0 Å². The largest absolute Gasteiger partial charge is 0.463 e. The summed E-state index contributed by atoms with van der Waals surface area (Å²) in [6, 6.07) is 0. The van der Waals surface area contributed by atoms with Crippen LogP contribution in [0.2, 0.25) is 0 Å². The molecule has 4 atom stereocenters. The third-order valence-electron chi connectivity index (χ3n) is 14.5. The molecule has 0 aromatic rings. The topological polar surface area (TPSA) is 167 Å². The number of ether oxygens (including phenoxy) is 10. The number of rotatable bonds is 6. The Balaban J connectivity index is 1.55. The van der Waals surface area contributed by atoms with Crippen LogP contribution in [0.4, 0.5) is 0 Å². The highest BCUT2D eigenvalue weighted by atomic mass is 16.7. The Morgan fingerprint density at radius 3 is 0.790 bits per heavy atom. The average molecular weight is 885 g/mol. The van der Waals surface area contributed by atoms with Crippen LogP contribution in [0.15, 0.2) is 0 Å². The number of esters is 2. The summed E-state index contributed by atoms with van der Waals surface area (Å²) in [5, 5.41) is 19.4. The second-order valence-electron chi connectivity index (χ2n) is 24.5. The highest BCUT2D eigenvalue weighted by Crippen LogP contribution is 2.52. The minimum absolute atomic E-state index is 0.103. The lowest BCUT2D eigenvalue weighted by Gasteiger charge is -2.52. The fraction of sp³-hybridized carbons (Fsp3) is 0.958. The van der Waals surface area contributed by atoms with Crippen LogP contribution in [0.3, 0.4) is 0 Å². The average Bonchev–Trinajstić information content (AvgIpc) is 3.18. The number of hydrogen-bond acceptors (Lipinski definition) is 14. The zero-order chi connectivity index (χ0) is 46.2. The molecule has 6 bridgehead atoms. The van der Waals surface area contributed by atoms with Crippen LogP contribution in [0.25, 0.3) is 0 Å². The van der Waals surface area contributed by atoms with Crippen LogP contribution < -0.4 is 0 Å². The predicted molar refractivity (Wildman–Crippen MR) is 230 cm³/mol. The molecule has 0 aromatic heterocycles. The van der Waals surface area contributed by atoms with Crippen molar-refractivity contribution in [3.63, 3.8) is 0 Å². The summed E-state index contributed by atoms with van der Waals surface area (Å²) in [7, 11) is 0. The van der Waals surface area contributed by atoms with Crippen molar-refractivity contribution in [2.24, 2.45) is 67.0 Å². The van der Waals surface area contributed by atoms with Gasteiger partial charge in [0, 0.05) is 23.7 Å². The molecular formula is C48H84O14. The lowest BCUT2D eigenvalue weighted by atomic mass is 9.64. The van der Waals surface area contributed by atoms with E-state index in [9.17, 15) is 19.8 Å². The first-order valence-electron chi connectivity index (χ1n) is 23.1. The zero-order valence-corrected chi connectivity index (χ0v) is 40.7. The lowest BCUT2D eigenvalue weighted by Crippen LogP contribution is -2.58. The Hall–Kier alpha value is -1.46. The van der Waals surface area contributed by atoms with Crippen molar-refractivity contribution < 1.29 is 67.2 Å². The second kappa shape index (κ2) is 19.4. The molecule has 14 nitrogen and oxygen atoms in total. The molecule has 2 N–H and O–H groups in total. The monoisotopic (exact) mass is 885 g/mol. The fourth-order valence-electron chi connectivity index (χ4n) is 10.0. The van der Waals surface area contributed by atoms with Gasteiger partial charge in [0.05, 0.1) is 87.7 Å². The van der Waals surface area contributed by atoms with E-state index < -0.39 is 58.8 Å². The maximum absolute atomic E-state index is 14.3. The summed E-state index contributed by atoms with van der Waals surface area (Å²) in [4.78, 5) is 28.5. The van der Waals surface area contributed by atoms with Crippen LogP contribution >= 0.6 is 0 Å². The van der Waals surface area contributed by atoms with Gasteiger partial charge in [-0.25, -0.2) is 0 Å². The van der Waals surface area contributed by atoms with E-state index in [1.54, 1.807) is 0 Å². The minimum Gasteiger partial charge on any atom is -0.463 e. The van der Waals surface area contributed by atoms with E-state index in [4.69, 9.17) is 47.4 Å². The van der Waals surface area contributed by atoms with Gasteiger partial charge < -0.3 is 57.6 Å². The Morgan fingerprint density at radius 1 is 0.435 bits per heavy atom. The smallest absolute Gasteiger partial charge is 0.311 e. The van der Waals surface area contributed by atoms with E-state index in [1.165, 1.54) is 0 Å². The molecule has 360 valence electrons. The molecule has 11 aliphatic heterocycles. The molecule has 2 spiro atoms. The van der Waals surface area contributed by atoms with E-state index in [0.29, 0.717) is 78.5 Å². The Labute approximate surface area is 372 Å². The third kappa shape index (κ3) is 12.1. The van der Waals surface area contributed by atoms with E-state index >= 15 is 0 Å². The van der Waals surface area contributed by atoms with E-state index in [1.807, 2.05) is 13.8 Å². The molecule has 0 aromatic carbocycles. The van der Waals surface area contributed by atoms with Gasteiger partial charge in [0.25, 0.3) is 0 Å². The molecule has 14 heteroatoms. The van der Waals surface area contributed by atoms with Crippen molar-refractivity contribution in [2.75, 3.05) is 79.3 Å². The van der Waals surface area contributed by atoms with Crippen LogP contribution in [-0.2, 0) is 57.0 Å². The van der Waals surface area contributed by atoms with Gasteiger partial charge in [-0.15, -0.1) is 0 Å². The molecular weight excluding hydrogens is 801 g/mol. The van der Waals surface area contributed by atoms with Crippen molar-refractivity contribution in [3.8, 4) is 0 Å². The zero-order valence-electron chi connectivity index (χ0n) is 40.7. The van der Waals surface area contributed by atoms with Gasteiger partial charge in [-0.1, -0.05) is 83.1 Å². The van der Waals surface area contributed by atoms with E-state index in [2.05, 4.69) is 83.1 Å². The van der Waals surface area contributed by atoms with Crippen molar-refractivity contribution >= 4 is 11.9 Å². The van der Waals surface area contributed by atoms with Crippen molar-refractivity contribution in [3.05, 3.63) is 0 Å². The van der Waals surface area contributed by atoms with E-state index in [-0.39, 0.29) is 71.8 Å². The number of hydrogen-bond donors (Lipinski definition) is 2. The molecule has 0 aliphatic carbocycles. The van der Waals surface area contributed by atoms with Gasteiger partial charge in [-0.05, 0) is 61.2 Å². The molecule has 11 fully saturated rings. The summed E-state index contributed by atoms with van der Waals surface area (Å²) in [5.41, 5.74) is -4.57. The van der Waals surface area contributed by atoms with Crippen LogP contribution in [-0.4, -0.2) is 127 Å². The standard InChI is InChI=1S/C48H84O14/c1-41(2,3)31-19-45(13,39(51)53-17-15-49)20-32(42(4,5)6)36-59-27-48(28-60-36)29-61-38(62-30-48)34(44(10,11)12)22-46(14,40(52)54-18-16-50)21-33(43(7,8)9)37-57-25-47(26-58-37)23-55-35(31)56-24-47/h31-38,49-50H,15-30H2,1-14H3. The predicted octanol–water partition coefficient (Wildman–Crippen LogP) is 6.76. The highest BCUT2D eigenvalue weighted by molar-refractivity contribution is 5.77. The summed E-state index contributed by atoms with van der Waals surface area (Å²) in [6.45, 7) is 31.4. The molecule has 62 heavy (non-hydrogen) atoms. The summed E-state index contributed by atoms with van der Waals surface area (Å²) >= 11 is 0. The van der Waals surface area contributed by atoms with Gasteiger partial charge >= 0.3 is 11.9 Å². The number of aliphatic hydroxyl groups is 2. The highest BCUT2D eigenvalue weighted by Gasteiger charge is 2.56. The maximum atomic E-state index is 14.3. The van der Waals surface area contributed by atoms with Crippen molar-refractivity contribution in [1.29, 1.82) is 0 Å². The first-order valence-corrected chi connectivity index (χ1v) is 23.1. The van der Waals surface area contributed by atoms with Crippen molar-refractivity contribution in [2.45, 2.75) is 148 Å². The lowest BCUT2D eigenvalue weighted by molar-refractivity contribution is -0.334. The summed E-state index contributed by atoms with van der Waals surface area (Å²) in [5.74, 6) is -1.72. The third-order valence-corrected chi connectivity index (χ3v) is 14.5. The molecule has 11 saturated heterocycles. The van der Waals surface area contributed by atoms with Crippen LogP contribution in [0.1, 0.15) is 123 Å². The SMILES string of the molecule is CC1(C(=O)OCCO)CC(C(C)(C)C)C2OCC3(CO2)COC(OC3)C(C(C)(C)C)CC(C)(C(=O)OCCO)CC(C(C)(C)C)C2OCC3(COC(OC3)C(C(C)(C)C)C1)CO2. The van der Waals surface area contributed by atoms with Crippen LogP contribution in [0, 0.1) is 67.0 Å². The Kier molecular flexibility index (Phi) is 16.1. The molecule has 0 radical (unpaired) electrons. The second-order valence-corrected chi connectivity index (χ2v) is 24.5. The first-order chi connectivity index (χ1) is 28.6. The Morgan fingerprint density at radius 2 is 0.629 bits per heavy atom. The molecule has 0 saturated carbocycles. The van der Waals surface area contributed by atoms with Crippen molar-refractivity contribution in [1.82, 2.24) is 0 Å². The molecule has 11 aliphatic rings.